The normalized spacial score (nSPS) is 22.1. The molecule has 2 atom stereocenters. The minimum Gasteiger partial charge on any atom is -0.394 e. The van der Waals surface area contributed by atoms with E-state index in [9.17, 15) is 14.9 Å². The highest BCUT2D eigenvalue weighted by molar-refractivity contribution is 6.32. The Morgan fingerprint density at radius 3 is 3.05 bits per heavy atom. The summed E-state index contributed by atoms with van der Waals surface area (Å²) in [6.07, 6.45) is 0.749. The molecule has 1 amide bonds. The molecule has 1 aliphatic rings. The van der Waals surface area contributed by atoms with Gasteiger partial charge < -0.3 is 14.7 Å². The number of hydrogen-bond donors (Lipinski definition) is 1. The highest BCUT2D eigenvalue weighted by Gasteiger charge is 2.34. The smallest absolute Gasteiger partial charge is 0.319 e. The quantitative estimate of drug-likeness (QED) is 0.504. The van der Waals surface area contributed by atoms with Gasteiger partial charge in [0.05, 0.1) is 30.3 Å². The molecule has 0 saturated carbocycles. The molecule has 8 nitrogen and oxygen atoms in total. The Morgan fingerprint density at radius 2 is 2.43 bits per heavy atom. The van der Waals surface area contributed by atoms with Gasteiger partial charge in [-0.25, -0.2) is 4.98 Å². The number of carbonyl (C=O) groups is 1. The van der Waals surface area contributed by atoms with E-state index < -0.39 is 22.6 Å². The van der Waals surface area contributed by atoms with Gasteiger partial charge in [-0.05, 0) is 13.0 Å². The Bertz CT molecular complexity index is 568. The first-order valence-electron chi connectivity index (χ1n) is 6.28. The molecule has 21 heavy (non-hydrogen) atoms. The van der Waals surface area contributed by atoms with Crippen LogP contribution in [0.3, 0.4) is 0 Å². The lowest BCUT2D eigenvalue weighted by molar-refractivity contribution is -0.385. The van der Waals surface area contributed by atoms with Crippen LogP contribution in [0.4, 0.5) is 5.69 Å². The average Bonchev–Trinajstić information content (AvgIpc) is 2.46. The van der Waals surface area contributed by atoms with Gasteiger partial charge in [-0.1, -0.05) is 11.6 Å². The molecule has 0 bridgehead atoms. The fourth-order valence-corrected chi connectivity index (χ4v) is 2.37. The molecule has 1 aliphatic heterocycles. The van der Waals surface area contributed by atoms with E-state index in [1.54, 1.807) is 6.92 Å². The number of amides is 1. The molecule has 1 aromatic rings. The van der Waals surface area contributed by atoms with Crippen LogP contribution in [0.25, 0.3) is 0 Å². The monoisotopic (exact) mass is 315 g/mol. The van der Waals surface area contributed by atoms with E-state index in [4.69, 9.17) is 21.4 Å². The van der Waals surface area contributed by atoms with E-state index >= 15 is 0 Å². The number of pyridine rings is 1. The first-order chi connectivity index (χ1) is 9.95. The predicted octanol–water partition coefficient (Wildman–Crippen LogP) is 0.865. The fourth-order valence-electron chi connectivity index (χ4n) is 2.14. The highest BCUT2D eigenvalue weighted by atomic mass is 35.5. The number of morpholine rings is 1. The van der Waals surface area contributed by atoms with Crippen molar-refractivity contribution in [3.05, 3.63) is 33.1 Å². The van der Waals surface area contributed by atoms with E-state index in [0.717, 1.165) is 0 Å². The van der Waals surface area contributed by atoms with Crippen LogP contribution in [-0.4, -0.2) is 57.7 Å². The van der Waals surface area contributed by atoms with Crippen LogP contribution in [-0.2, 0) is 4.74 Å². The Morgan fingerprint density at radius 1 is 1.71 bits per heavy atom. The number of hydrogen-bond acceptors (Lipinski definition) is 6. The summed E-state index contributed by atoms with van der Waals surface area (Å²) in [5.41, 5.74) is -0.631. The van der Waals surface area contributed by atoms with Crippen molar-refractivity contribution in [1.29, 1.82) is 0 Å². The second-order valence-corrected chi connectivity index (χ2v) is 5.06. The second kappa shape index (κ2) is 6.33. The molecular weight excluding hydrogens is 302 g/mol. The van der Waals surface area contributed by atoms with Crippen molar-refractivity contribution >= 4 is 23.2 Å². The molecule has 1 aromatic heterocycles. The van der Waals surface area contributed by atoms with E-state index in [0.29, 0.717) is 0 Å². The number of rotatable bonds is 3. The van der Waals surface area contributed by atoms with Crippen LogP contribution < -0.4 is 0 Å². The van der Waals surface area contributed by atoms with Crippen LogP contribution in [0, 0.1) is 10.1 Å². The topological polar surface area (TPSA) is 106 Å². The Kier molecular flexibility index (Phi) is 4.71. The molecule has 1 saturated heterocycles. The maximum atomic E-state index is 12.5. The maximum Gasteiger partial charge on any atom is 0.319 e. The van der Waals surface area contributed by atoms with Crippen LogP contribution in [0.15, 0.2) is 12.3 Å². The largest absolute Gasteiger partial charge is 0.394 e. The fraction of sp³-hybridized carbons (Fsp3) is 0.500. The molecule has 9 heteroatoms. The summed E-state index contributed by atoms with van der Waals surface area (Å²) < 4.78 is 5.34. The Labute approximate surface area is 125 Å². The van der Waals surface area contributed by atoms with Gasteiger partial charge in [0.25, 0.3) is 5.91 Å². The number of nitro groups is 1. The third-order valence-corrected chi connectivity index (χ3v) is 3.54. The number of halogens is 1. The molecule has 0 aromatic carbocycles. The van der Waals surface area contributed by atoms with Crippen LogP contribution in [0.1, 0.15) is 17.3 Å². The number of aliphatic hydroxyl groups is 1. The molecule has 2 unspecified atom stereocenters. The van der Waals surface area contributed by atoms with Crippen molar-refractivity contribution in [2.45, 2.75) is 19.1 Å². The van der Waals surface area contributed by atoms with Crippen molar-refractivity contribution in [3.63, 3.8) is 0 Å². The first-order valence-corrected chi connectivity index (χ1v) is 6.65. The van der Waals surface area contributed by atoms with Crippen LogP contribution >= 0.6 is 11.6 Å². The van der Waals surface area contributed by atoms with Crippen LogP contribution in [0.2, 0.25) is 5.15 Å². The predicted molar refractivity (Wildman–Crippen MR) is 73.2 cm³/mol. The summed E-state index contributed by atoms with van der Waals surface area (Å²) >= 11 is 5.71. The standard InChI is InChI=1S/C12H14ClN3O5/c1-7-6-21-8(5-17)4-15(7)12(18)9-2-3-14-11(13)10(9)16(19)20/h2-3,7-8,17H,4-6H2,1H3. The lowest BCUT2D eigenvalue weighted by Gasteiger charge is -2.37. The number of ether oxygens (including phenoxy) is 1. The molecule has 114 valence electrons. The van der Waals surface area contributed by atoms with E-state index in [-0.39, 0.29) is 36.5 Å². The highest BCUT2D eigenvalue weighted by Crippen LogP contribution is 2.28. The zero-order valence-electron chi connectivity index (χ0n) is 11.2. The van der Waals surface area contributed by atoms with E-state index in [2.05, 4.69) is 4.98 Å². The van der Waals surface area contributed by atoms with Gasteiger partial charge in [-0.2, -0.15) is 0 Å². The second-order valence-electron chi connectivity index (χ2n) is 4.70. The summed E-state index contributed by atoms with van der Waals surface area (Å²) in [5.74, 6) is -0.528. The van der Waals surface area contributed by atoms with Gasteiger partial charge in [-0.3, -0.25) is 14.9 Å². The van der Waals surface area contributed by atoms with Crippen LogP contribution in [0.5, 0.6) is 0 Å². The molecule has 0 spiro atoms. The maximum absolute atomic E-state index is 12.5. The van der Waals surface area contributed by atoms with Gasteiger partial charge in [0.2, 0.25) is 5.15 Å². The van der Waals surface area contributed by atoms with Gasteiger partial charge >= 0.3 is 5.69 Å². The number of aromatic nitrogens is 1. The summed E-state index contributed by atoms with van der Waals surface area (Å²) in [4.78, 5) is 28.0. The van der Waals surface area contributed by atoms with Gasteiger partial charge in [0.15, 0.2) is 0 Å². The zero-order valence-corrected chi connectivity index (χ0v) is 12.0. The van der Waals surface area contributed by atoms with Crippen molar-refractivity contribution in [1.82, 2.24) is 9.88 Å². The zero-order chi connectivity index (χ0) is 15.6. The van der Waals surface area contributed by atoms with Crippen molar-refractivity contribution in [2.24, 2.45) is 0 Å². The number of carbonyl (C=O) groups excluding carboxylic acids is 1. The van der Waals surface area contributed by atoms with E-state index in [1.165, 1.54) is 17.2 Å². The first kappa shape index (κ1) is 15.6. The molecule has 0 radical (unpaired) electrons. The summed E-state index contributed by atoms with van der Waals surface area (Å²) in [7, 11) is 0. The molecule has 0 aliphatic carbocycles. The third kappa shape index (κ3) is 3.12. The lowest BCUT2D eigenvalue weighted by Crippen LogP contribution is -2.52. The Balaban J connectivity index is 2.35. The number of aliphatic hydroxyl groups excluding tert-OH is 1. The molecule has 1 N–H and O–H groups in total. The summed E-state index contributed by atoms with van der Waals surface area (Å²) in [6.45, 7) is 1.95. The Hall–Kier alpha value is -1.77. The van der Waals surface area contributed by atoms with E-state index in [1.807, 2.05) is 0 Å². The minimum atomic E-state index is -0.725. The van der Waals surface area contributed by atoms with Gasteiger partial charge in [0.1, 0.15) is 5.56 Å². The van der Waals surface area contributed by atoms with Crippen molar-refractivity contribution in [2.75, 3.05) is 19.8 Å². The summed E-state index contributed by atoms with van der Waals surface area (Å²) in [5, 5.41) is 19.9. The molecular formula is C12H14ClN3O5. The average molecular weight is 316 g/mol. The molecule has 2 heterocycles. The summed E-state index contributed by atoms with van der Waals surface area (Å²) in [6, 6.07) is 1.01. The van der Waals surface area contributed by atoms with Gasteiger partial charge in [0, 0.05) is 12.7 Å². The number of nitrogens with zero attached hydrogens (tertiary/aromatic N) is 3. The molecule has 2 rings (SSSR count). The molecule has 1 fully saturated rings. The SMILES string of the molecule is CC1COC(CO)CN1C(=O)c1ccnc(Cl)c1[N+](=O)[O-]. The lowest BCUT2D eigenvalue weighted by atomic mass is 10.1. The van der Waals surface area contributed by atoms with Crippen molar-refractivity contribution < 1.29 is 19.6 Å². The van der Waals surface area contributed by atoms with Crippen molar-refractivity contribution in [3.8, 4) is 0 Å². The third-order valence-electron chi connectivity index (χ3n) is 3.26. The van der Waals surface area contributed by atoms with Gasteiger partial charge in [-0.15, -0.1) is 0 Å². The minimum absolute atomic E-state index is 0.120.